The van der Waals surface area contributed by atoms with Crippen molar-refractivity contribution in [2.24, 2.45) is 0 Å². The van der Waals surface area contributed by atoms with Gasteiger partial charge in [0.15, 0.2) is 0 Å². The summed E-state index contributed by atoms with van der Waals surface area (Å²) in [6, 6.07) is 20.5. The molecule has 3 heterocycles. The van der Waals surface area contributed by atoms with Gasteiger partial charge in [-0.3, -0.25) is 19.2 Å². The molecule has 3 N–H and O–H groups in total. The second-order valence-electron chi connectivity index (χ2n) is 12.2. The van der Waals surface area contributed by atoms with Gasteiger partial charge < -0.3 is 25.6 Å². The molecule has 9 nitrogen and oxygen atoms in total. The van der Waals surface area contributed by atoms with Crippen molar-refractivity contribution in [3.63, 3.8) is 0 Å². The Morgan fingerprint density at radius 3 is 2.42 bits per heavy atom. The zero-order valence-corrected chi connectivity index (χ0v) is 27.0. The molecule has 3 aromatic carbocycles. The number of anilines is 1. The van der Waals surface area contributed by atoms with Gasteiger partial charge in [-0.1, -0.05) is 42.5 Å². The first kappa shape index (κ1) is 32.2. The summed E-state index contributed by atoms with van der Waals surface area (Å²) in [5.74, 6) is -1.33. The molecule has 45 heavy (non-hydrogen) atoms. The summed E-state index contributed by atoms with van der Waals surface area (Å²) in [5, 5.41) is 9.00. The molecule has 0 fully saturated rings. The van der Waals surface area contributed by atoms with E-state index < -0.39 is 23.7 Å². The molecular weight excluding hydrogens is 588 g/mol. The number of benzene rings is 3. The Labute approximate surface area is 268 Å². The number of carbonyl (C=O) groups excluding carboxylic acids is 4. The van der Waals surface area contributed by atoms with Crippen molar-refractivity contribution in [2.45, 2.75) is 69.2 Å². The van der Waals surface area contributed by atoms with E-state index in [2.05, 4.69) is 22.0 Å². The fourth-order valence-electron chi connectivity index (χ4n) is 5.77. The normalized spacial score (nSPS) is 21.2. The highest BCUT2D eigenvalue weighted by atomic mass is 32.2. The number of ether oxygens (including phenoxy) is 1. The molecule has 2 atom stereocenters. The molecule has 0 aromatic heterocycles. The maximum absolute atomic E-state index is 14.1. The summed E-state index contributed by atoms with van der Waals surface area (Å²) < 4.78 is 5.50. The van der Waals surface area contributed by atoms with Crippen molar-refractivity contribution in [2.75, 3.05) is 24.2 Å². The van der Waals surface area contributed by atoms with E-state index in [1.165, 1.54) is 0 Å². The molecule has 0 saturated heterocycles. The maximum Gasteiger partial charge on any atom is 0.325 e. The first-order valence-corrected chi connectivity index (χ1v) is 16.4. The molecule has 6 rings (SSSR count). The van der Waals surface area contributed by atoms with Crippen LogP contribution in [0.25, 0.3) is 11.1 Å². The van der Waals surface area contributed by atoms with Crippen molar-refractivity contribution in [3.8, 4) is 11.1 Å². The molecule has 10 heteroatoms. The van der Waals surface area contributed by atoms with E-state index in [1.54, 1.807) is 35.7 Å². The Morgan fingerprint density at radius 2 is 1.69 bits per heavy atom. The molecule has 0 spiro atoms. The number of aryl methyl sites for hydroxylation is 1. The third-order valence-corrected chi connectivity index (χ3v) is 8.88. The Kier molecular flexibility index (Phi) is 9.94. The van der Waals surface area contributed by atoms with Gasteiger partial charge >= 0.3 is 5.97 Å². The molecule has 3 amide bonds. The lowest BCUT2D eigenvalue weighted by molar-refractivity contribution is -0.147. The minimum absolute atomic E-state index is 0.123. The first-order chi connectivity index (χ1) is 21.5. The van der Waals surface area contributed by atoms with Crippen LogP contribution < -0.4 is 20.9 Å². The molecule has 3 aromatic rings. The summed E-state index contributed by atoms with van der Waals surface area (Å²) >= 11 is 1.65. The second-order valence-corrected chi connectivity index (χ2v) is 13.1. The van der Waals surface area contributed by atoms with Crippen LogP contribution in [0, 0.1) is 0 Å². The summed E-state index contributed by atoms with van der Waals surface area (Å²) in [6.07, 6.45) is 2.79. The third kappa shape index (κ3) is 7.93. The highest BCUT2D eigenvalue weighted by Gasteiger charge is 2.33. The number of amides is 3. The predicted octanol–water partition coefficient (Wildman–Crippen LogP) is 4.47. The molecule has 4 bridgehead atoms. The minimum Gasteiger partial charge on any atom is -0.460 e. The van der Waals surface area contributed by atoms with E-state index in [9.17, 15) is 19.2 Å². The predicted molar refractivity (Wildman–Crippen MR) is 176 cm³/mol. The van der Waals surface area contributed by atoms with E-state index in [0.29, 0.717) is 31.5 Å². The molecule has 236 valence electrons. The van der Waals surface area contributed by atoms with Gasteiger partial charge in [-0.25, -0.2) is 0 Å². The average Bonchev–Trinajstić information content (AvgIpc) is 3.14. The maximum atomic E-state index is 14.1. The number of hydrogen-bond donors (Lipinski definition) is 3. The molecule has 0 saturated carbocycles. The number of fused-ring (bicyclic) bond motifs is 14. The minimum atomic E-state index is -0.680. The lowest BCUT2D eigenvalue weighted by Crippen LogP contribution is -2.51. The number of hydrogen-bond acceptors (Lipinski definition) is 7. The SMILES string of the molecule is CSc1ccc2c(c1)CC[C@H]1NC(=O)CC(C)(C)NC[C@@H](C)OC(=O)CNC(=O)c3ccccc3-c3ccc(cc3)CN2C1=O. The van der Waals surface area contributed by atoms with Gasteiger partial charge in [0.2, 0.25) is 11.8 Å². The van der Waals surface area contributed by atoms with Crippen LogP contribution in [-0.2, 0) is 32.1 Å². The zero-order valence-electron chi connectivity index (χ0n) is 26.1. The summed E-state index contributed by atoms with van der Waals surface area (Å²) in [4.78, 5) is 55.9. The zero-order chi connectivity index (χ0) is 32.1. The van der Waals surface area contributed by atoms with Crippen molar-refractivity contribution >= 4 is 41.1 Å². The molecule has 3 aliphatic rings. The molecule has 0 unspecified atom stereocenters. The van der Waals surface area contributed by atoms with Crippen LogP contribution in [0.4, 0.5) is 5.69 Å². The van der Waals surface area contributed by atoms with Gasteiger partial charge in [0.25, 0.3) is 5.91 Å². The summed E-state index contributed by atoms with van der Waals surface area (Å²) in [5.41, 5.74) is 4.18. The van der Waals surface area contributed by atoms with Gasteiger partial charge in [0.1, 0.15) is 18.7 Å². The van der Waals surface area contributed by atoms with Crippen LogP contribution in [0.3, 0.4) is 0 Å². The van der Waals surface area contributed by atoms with Crippen LogP contribution in [-0.4, -0.2) is 60.7 Å². The van der Waals surface area contributed by atoms with Crippen molar-refractivity contribution in [1.82, 2.24) is 16.0 Å². The highest BCUT2D eigenvalue weighted by molar-refractivity contribution is 7.98. The number of nitrogens with zero attached hydrogens (tertiary/aromatic N) is 1. The van der Waals surface area contributed by atoms with Crippen molar-refractivity contribution in [1.29, 1.82) is 0 Å². The lowest BCUT2D eigenvalue weighted by Gasteiger charge is -2.30. The number of nitrogens with one attached hydrogen (secondary N) is 3. The lowest BCUT2D eigenvalue weighted by atomic mass is 9.98. The fourth-order valence-corrected chi connectivity index (χ4v) is 6.23. The van der Waals surface area contributed by atoms with Crippen LogP contribution in [0.1, 0.15) is 55.1 Å². The van der Waals surface area contributed by atoms with Gasteiger partial charge in [-0.15, -0.1) is 11.8 Å². The van der Waals surface area contributed by atoms with Crippen LogP contribution in [0.15, 0.2) is 71.6 Å². The Balaban J connectivity index is 1.50. The number of thioether (sulfide) groups is 1. The Bertz CT molecular complexity index is 1590. The van der Waals surface area contributed by atoms with Crippen molar-refractivity contribution in [3.05, 3.63) is 83.4 Å². The number of carbonyl (C=O) groups is 4. The smallest absolute Gasteiger partial charge is 0.325 e. The van der Waals surface area contributed by atoms with E-state index in [4.69, 9.17) is 4.74 Å². The quantitative estimate of drug-likeness (QED) is 0.207. The molecule has 0 radical (unpaired) electrons. The van der Waals surface area contributed by atoms with Crippen LogP contribution >= 0.6 is 11.8 Å². The summed E-state index contributed by atoms with van der Waals surface area (Å²) in [6.45, 7) is 5.89. The van der Waals surface area contributed by atoms with Crippen LogP contribution in [0.2, 0.25) is 0 Å². The topological polar surface area (TPSA) is 117 Å². The van der Waals surface area contributed by atoms with Gasteiger partial charge in [-0.2, -0.15) is 0 Å². The fraction of sp³-hybridized carbons (Fsp3) is 0.371. The monoisotopic (exact) mass is 628 g/mol. The van der Waals surface area contributed by atoms with Crippen molar-refractivity contribution < 1.29 is 23.9 Å². The molecular formula is C35H40N4O5S. The third-order valence-electron chi connectivity index (χ3n) is 8.15. The number of rotatable bonds is 1. The summed E-state index contributed by atoms with van der Waals surface area (Å²) in [7, 11) is 0. The average molecular weight is 629 g/mol. The molecule has 0 aliphatic carbocycles. The molecule has 3 aliphatic heterocycles. The second kappa shape index (κ2) is 13.9. The highest BCUT2D eigenvalue weighted by Crippen LogP contribution is 2.33. The number of esters is 1. The van der Waals surface area contributed by atoms with E-state index >= 15 is 0 Å². The Morgan fingerprint density at radius 1 is 0.956 bits per heavy atom. The van der Waals surface area contributed by atoms with E-state index in [0.717, 1.165) is 32.8 Å². The van der Waals surface area contributed by atoms with E-state index in [1.807, 2.05) is 68.6 Å². The van der Waals surface area contributed by atoms with Gasteiger partial charge in [-0.05, 0) is 86.4 Å². The largest absolute Gasteiger partial charge is 0.460 e. The van der Waals surface area contributed by atoms with E-state index in [-0.39, 0.29) is 30.7 Å². The van der Waals surface area contributed by atoms with Gasteiger partial charge in [0.05, 0.1) is 6.54 Å². The standard InChI is InChI=1S/C35H40N4O5S/c1-22-19-37-35(2,3)18-31(40)38-29-15-13-25-17-26(45-4)14-16-30(25)39(34(29)43)21-23-9-11-24(12-10-23)27-7-5-6-8-28(27)33(42)36-20-32(41)44-22/h5-12,14,16-17,22,29,37H,13,15,18-21H2,1-4H3,(H,36,42)(H,38,40)/t22-,29-/m1/s1. The van der Waals surface area contributed by atoms with Crippen LogP contribution in [0.5, 0.6) is 0 Å². The first-order valence-electron chi connectivity index (χ1n) is 15.2. The van der Waals surface area contributed by atoms with Gasteiger partial charge in [0, 0.05) is 34.7 Å². The Hall–Kier alpha value is -4.15.